The summed E-state index contributed by atoms with van der Waals surface area (Å²) in [4.78, 5) is 2.43. The summed E-state index contributed by atoms with van der Waals surface area (Å²) in [5.41, 5.74) is 1.32. The van der Waals surface area contributed by atoms with Crippen LogP contribution in [0.3, 0.4) is 0 Å². The molecule has 1 aliphatic heterocycles. The Balaban J connectivity index is 1.97. The van der Waals surface area contributed by atoms with E-state index in [1.54, 1.807) is 0 Å². The molecule has 1 aromatic rings. The fourth-order valence-corrected chi connectivity index (χ4v) is 2.31. The standard InChI is InChI=1S/C14H21NO/c1-12(2)16-14-9-6-10-15(11-14)13-7-4-3-5-8-13/h3-5,7-8,12,14H,6,9-11H2,1-2H3. The second-order valence-electron chi connectivity index (χ2n) is 4.73. The molecule has 1 fully saturated rings. The van der Waals surface area contributed by atoms with E-state index in [0.717, 1.165) is 13.1 Å². The SMILES string of the molecule is CC(C)OC1CCCN(c2ccccc2)C1. The van der Waals surface area contributed by atoms with Crippen molar-refractivity contribution < 1.29 is 4.74 Å². The molecule has 1 heterocycles. The summed E-state index contributed by atoms with van der Waals surface area (Å²) in [7, 11) is 0. The number of ether oxygens (including phenoxy) is 1. The first kappa shape index (κ1) is 11.5. The van der Waals surface area contributed by atoms with Crippen LogP contribution >= 0.6 is 0 Å². The Kier molecular flexibility index (Phi) is 3.83. The average Bonchev–Trinajstić information content (AvgIpc) is 2.30. The Hall–Kier alpha value is -1.02. The molecule has 2 rings (SSSR count). The Morgan fingerprint density at radius 3 is 2.69 bits per heavy atom. The molecular weight excluding hydrogens is 198 g/mol. The van der Waals surface area contributed by atoms with Crippen LogP contribution in [0.15, 0.2) is 30.3 Å². The quantitative estimate of drug-likeness (QED) is 0.774. The lowest BCUT2D eigenvalue weighted by atomic mass is 10.1. The molecule has 1 unspecified atom stereocenters. The van der Waals surface area contributed by atoms with E-state index >= 15 is 0 Å². The largest absolute Gasteiger partial charge is 0.374 e. The van der Waals surface area contributed by atoms with Crippen molar-refractivity contribution in [3.05, 3.63) is 30.3 Å². The second-order valence-corrected chi connectivity index (χ2v) is 4.73. The number of piperidine rings is 1. The van der Waals surface area contributed by atoms with E-state index in [2.05, 4.69) is 49.1 Å². The molecule has 0 aliphatic carbocycles. The number of anilines is 1. The molecule has 1 aromatic carbocycles. The fraction of sp³-hybridized carbons (Fsp3) is 0.571. The summed E-state index contributed by atoms with van der Waals surface area (Å²) in [6.07, 6.45) is 3.16. The van der Waals surface area contributed by atoms with Gasteiger partial charge in [0, 0.05) is 18.8 Å². The maximum Gasteiger partial charge on any atom is 0.0754 e. The van der Waals surface area contributed by atoms with Gasteiger partial charge in [0.1, 0.15) is 0 Å². The van der Waals surface area contributed by atoms with Crippen molar-refractivity contribution in [2.75, 3.05) is 18.0 Å². The van der Waals surface area contributed by atoms with Crippen LogP contribution < -0.4 is 4.90 Å². The predicted molar refractivity (Wildman–Crippen MR) is 67.9 cm³/mol. The third kappa shape index (κ3) is 2.99. The zero-order valence-corrected chi connectivity index (χ0v) is 10.2. The highest BCUT2D eigenvalue weighted by atomic mass is 16.5. The molecule has 2 heteroatoms. The minimum atomic E-state index is 0.334. The van der Waals surface area contributed by atoms with E-state index in [0.29, 0.717) is 12.2 Å². The van der Waals surface area contributed by atoms with Gasteiger partial charge in [0.15, 0.2) is 0 Å². The third-order valence-electron chi connectivity index (χ3n) is 2.96. The zero-order valence-electron chi connectivity index (χ0n) is 10.2. The number of benzene rings is 1. The number of para-hydroxylation sites is 1. The van der Waals surface area contributed by atoms with E-state index in [-0.39, 0.29) is 0 Å². The normalized spacial score (nSPS) is 21.4. The maximum atomic E-state index is 5.90. The maximum absolute atomic E-state index is 5.90. The van der Waals surface area contributed by atoms with Crippen molar-refractivity contribution >= 4 is 5.69 Å². The van der Waals surface area contributed by atoms with Crippen molar-refractivity contribution in [2.24, 2.45) is 0 Å². The second kappa shape index (κ2) is 5.35. The van der Waals surface area contributed by atoms with E-state index in [4.69, 9.17) is 4.74 Å². The van der Waals surface area contributed by atoms with Gasteiger partial charge < -0.3 is 9.64 Å². The smallest absolute Gasteiger partial charge is 0.0754 e. The monoisotopic (exact) mass is 219 g/mol. The average molecular weight is 219 g/mol. The van der Waals surface area contributed by atoms with Gasteiger partial charge in [0.25, 0.3) is 0 Å². The lowest BCUT2D eigenvalue weighted by Crippen LogP contribution is -2.40. The van der Waals surface area contributed by atoms with E-state index in [1.165, 1.54) is 18.5 Å². The van der Waals surface area contributed by atoms with Crippen molar-refractivity contribution in [2.45, 2.75) is 38.9 Å². The van der Waals surface area contributed by atoms with Gasteiger partial charge in [-0.05, 0) is 38.8 Å². The topological polar surface area (TPSA) is 12.5 Å². The van der Waals surface area contributed by atoms with E-state index < -0.39 is 0 Å². The molecule has 0 saturated carbocycles. The van der Waals surface area contributed by atoms with Crippen LogP contribution in [0.25, 0.3) is 0 Å². The lowest BCUT2D eigenvalue weighted by molar-refractivity contribution is 0.00103. The highest BCUT2D eigenvalue weighted by Crippen LogP contribution is 2.21. The Labute approximate surface area is 98.2 Å². The molecule has 1 atom stereocenters. The highest BCUT2D eigenvalue weighted by Gasteiger charge is 2.21. The Morgan fingerprint density at radius 2 is 2.00 bits per heavy atom. The summed E-state index contributed by atoms with van der Waals surface area (Å²) in [5.74, 6) is 0. The molecule has 0 amide bonds. The summed E-state index contributed by atoms with van der Waals surface area (Å²) in [6, 6.07) is 10.6. The van der Waals surface area contributed by atoms with Gasteiger partial charge in [-0.2, -0.15) is 0 Å². The highest BCUT2D eigenvalue weighted by molar-refractivity contribution is 5.46. The van der Waals surface area contributed by atoms with Crippen LogP contribution in [-0.4, -0.2) is 25.3 Å². The van der Waals surface area contributed by atoms with Gasteiger partial charge in [0.05, 0.1) is 12.2 Å². The first-order valence-electron chi connectivity index (χ1n) is 6.21. The van der Waals surface area contributed by atoms with Gasteiger partial charge in [-0.15, -0.1) is 0 Å². The van der Waals surface area contributed by atoms with Crippen LogP contribution in [0, 0.1) is 0 Å². The zero-order chi connectivity index (χ0) is 11.4. The number of hydrogen-bond acceptors (Lipinski definition) is 2. The fourth-order valence-electron chi connectivity index (χ4n) is 2.31. The molecule has 1 aliphatic rings. The van der Waals surface area contributed by atoms with E-state index in [9.17, 15) is 0 Å². The van der Waals surface area contributed by atoms with Crippen molar-refractivity contribution in [1.82, 2.24) is 0 Å². The molecule has 16 heavy (non-hydrogen) atoms. The Morgan fingerprint density at radius 1 is 1.25 bits per heavy atom. The Bertz CT molecular complexity index is 310. The molecule has 0 radical (unpaired) electrons. The molecule has 0 spiro atoms. The first-order valence-corrected chi connectivity index (χ1v) is 6.21. The number of rotatable bonds is 3. The van der Waals surface area contributed by atoms with Gasteiger partial charge in [-0.1, -0.05) is 18.2 Å². The van der Waals surface area contributed by atoms with Crippen LogP contribution in [-0.2, 0) is 4.74 Å². The van der Waals surface area contributed by atoms with Crippen LogP contribution in [0.2, 0.25) is 0 Å². The summed E-state index contributed by atoms with van der Waals surface area (Å²) in [5, 5.41) is 0. The molecule has 1 saturated heterocycles. The lowest BCUT2D eigenvalue weighted by Gasteiger charge is -2.35. The van der Waals surface area contributed by atoms with Crippen molar-refractivity contribution in [1.29, 1.82) is 0 Å². The molecular formula is C14H21NO. The summed E-state index contributed by atoms with van der Waals surface area (Å²) >= 11 is 0. The van der Waals surface area contributed by atoms with Gasteiger partial charge in [-0.3, -0.25) is 0 Å². The molecule has 0 N–H and O–H groups in total. The van der Waals surface area contributed by atoms with Gasteiger partial charge in [0.2, 0.25) is 0 Å². The van der Waals surface area contributed by atoms with Gasteiger partial charge in [-0.25, -0.2) is 0 Å². The minimum absolute atomic E-state index is 0.334. The van der Waals surface area contributed by atoms with Gasteiger partial charge >= 0.3 is 0 Å². The third-order valence-corrected chi connectivity index (χ3v) is 2.96. The first-order chi connectivity index (χ1) is 7.75. The van der Waals surface area contributed by atoms with Crippen LogP contribution in [0.4, 0.5) is 5.69 Å². The summed E-state index contributed by atoms with van der Waals surface area (Å²) < 4.78 is 5.90. The van der Waals surface area contributed by atoms with Crippen molar-refractivity contribution in [3.63, 3.8) is 0 Å². The number of nitrogens with zero attached hydrogens (tertiary/aromatic N) is 1. The summed E-state index contributed by atoms with van der Waals surface area (Å²) in [6.45, 7) is 6.41. The molecule has 2 nitrogen and oxygen atoms in total. The van der Waals surface area contributed by atoms with E-state index in [1.807, 2.05) is 0 Å². The van der Waals surface area contributed by atoms with Crippen molar-refractivity contribution in [3.8, 4) is 0 Å². The number of hydrogen-bond donors (Lipinski definition) is 0. The molecule has 0 aromatic heterocycles. The van der Waals surface area contributed by atoms with Crippen LogP contribution in [0.1, 0.15) is 26.7 Å². The molecule has 88 valence electrons. The van der Waals surface area contributed by atoms with Crippen LogP contribution in [0.5, 0.6) is 0 Å². The predicted octanol–water partition coefficient (Wildman–Crippen LogP) is 3.08. The minimum Gasteiger partial charge on any atom is -0.374 e. The molecule has 0 bridgehead atoms.